The predicted octanol–water partition coefficient (Wildman–Crippen LogP) is -0.708. The maximum absolute atomic E-state index is 5.44. The Bertz CT molecular complexity index is 270. The van der Waals surface area contributed by atoms with Crippen molar-refractivity contribution in [2.45, 2.75) is 33.7 Å². The van der Waals surface area contributed by atoms with Crippen LogP contribution >= 0.6 is 0 Å². The maximum atomic E-state index is 5.44. The first-order chi connectivity index (χ1) is 7.19. The predicted molar refractivity (Wildman–Crippen MR) is 66.5 cm³/mol. The van der Waals surface area contributed by atoms with Gasteiger partial charge >= 0.3 is 23.1 Å². The summed E-state index contributed by atoms with van der Waals surface area (Å²) >= 11 is 0. The standard InChI is InChI=1S/C11H19N2O2.BrH.Mg/c1-5-14-9-7-12-11(15-6-2)10(13-9)8(3)4;;/h7-8,10H,5-6H2,1-4H3;1H;/q-1;;+2/p-1/t10-;;/m1../s1. The van der Waals surface area contributed by atoms with E-state index in [1.165, 1.54) is 0 Å². The quantitative estimate of drug-likeness (QED) is 0.644. The number of nitrogens with zero attached hydrogens (tertiary/aromatic N) is 2. The van der Waals surface area contributed by atoms with Gasteiger partial charge in [-0.05, 0) is 19.9 Å². The number of ether oxygens (including phenoxy) is 2. The molecule has 6 heteroatoms. The molecule has 0 saturated carbocycles. The summed E-state index contributed by atoms with van der Waals surface area (Å²) in [5.41, 5.74) is 0. The topological polar surface area (TPSA) is 44.9 Å². The Labute approximate surface area is 130 Å². The molecule has 4 nitrogen and oxygen atoms in total. The molecule has 1 atom stereocenters. The normalized spacial score (nSPS) is 18.1. The third-order valence-corrected chi connectivity index (χ3v) is 2.04. The molecular weight excluding hydrogens is 296 g/mol. The molecule has 0 bridgehead atoms. The summed E-state index contributed by atoms with van der Waals surface area (Å²) in [4.78, 5) is 4.24. The summed E-state index contributed by atoms with van der Waals surface area (Å²) in [6, 6.07) is -0.0171. The van der Waals surface area contributed by atoms with E-state index in [0.29, 0.717) is 30.9 Å². The van der Waals surface area contributed by atoms with Gasteiger partial charge in [-0.3, -0.25) is 0 Å². The minimum absolute atomic E-state index is 0. The molecule has 1 rings (SSSR count). The van der Waals surface area contributed by atoms with Gasteiger partial charge in [-0.1, -0.05) is 19.8 Å². The number of aliphatic imine (C=N–C) groups is 1. The van der Waals surface area contributed by atoms with Crippen LogP contribution < -0.4 is 17.0 Å². The van der Waals surface area contributed by atoms with E-state index in [1.54, 1.807) is 6.20 Å². The van der Waals surface area contributed by atoms with Crippen LogP contribution in [0, 0.1) is 5.92 Å². The Balaban J connectivity index is 0. The third kappa shape index (κ3) is 5.97. The van der Waals surface area contributed by atoms with Crippen LogP contribution in [0.5, 0.6) is 0 Å². The Morgan fingerprint density at radius 1 is 1.29 bits per heavy atom. The molecule has 0 fully saturated rings. The van der Waals surface area contributed by atoms with Crippen LogP contribution in [0.1, 0.15) is 27.7 Å². The molecule has 0 radical (unpaired) electrons. The van der Waals surface area contributed by atoms with Gasteiger partial charge in [0, 0.05) is 5.88 Å². The van der Waals surface area contributed by atoms with Crippen molar-refractivity contribution in [2.24, 2.45) is 10.9 Å². The van der Waals surface area contributed by atoms with Crippen LogP contribution in [0.4, 0.5) is 0 Å². The first-order valence-corrected chi connectivity index (χ1v) is 5.43. The van der Waals surface area contributed by atoms with Crippen molar-refractivity contribution in [1.29, 1.82) is 0 Å². The SMILES string of the molecule is CCOC1=CN=C(OCC)[C@@H](C(C)C)[N-]1.[Br-].[Mg+2]. The smallest absolute Gasteiger partial charge is 1.00 e. The number of halogens is 1. The molecule has 1 aliphatic rings. The van der Waals surface area contributed by atoms with E-state index in [0.717, 1.165) is 0 Å². The number of rotatable bonds is 4. The average Bonchev–Trinajstić information content (AvgIpc) is 2.21. The Morgan fingerprint density at radius 2 is 1.88 bits per heavy atom. The van der Waals surface area contributed by atoms with Gasteiger partial charge < -0.3 is 31.8 Å². The molecule has 0 aromatic carbocycles. The molecule has 0 aromatic rings. The second-order valence-corrected chi connectivity index (χ2v) is 3.62. The number of hydrogen-bond acceptors (Lipinski definition) is 3. The van der Waals surface area contributed by atoms with Crippen LogP contribution in [0.2, 0.25) is 0 Å². The molecule has 1 heterocycles. The molecule has 0 amide bonds. The van der Waals surface area contributed by atoms with Crippen molar-refractivity contribution < 1.29 is 26.5 Å². The average molecular weight is 315 g/mol. The van der Waals surface area contributed by atoms with E-state index in [1.807, 2.05) is 13.8 Å². The van der Waals surface area contributed by atoms with Gasteiger partial charge in [0.15, 0.2) is 5.90 Å². The van der Waals surface area contributed by atoms with Crippen molar-refractivity contribution in [3.05, 3.63) is 17.4 Å². The van der Waals surface area contributed by atoms with Gasteiger partial charge in [-0.15, -0.1) is 0 Å². The fourth-order valence-electron chi connectivity index (χ4n) is 1.35. The van der Waals surface area contributed by atoms with Crippen LogP contribution in [0.3, 0.4) is 0 Å². The van der Waals surface area contributed by atoms with Crippen LogP contribution in [0.25, 0.3) is 5.32 Å². The zero-order chi connectivity index (χ0) is 11.3. The number of hydrogen-bond donors (Lipinski definition) is 0. The molecule has 94 valence electrons. The molecule has 0 unspecified atom stereocenters. The summed E-state index contributed by atoms with van der Waals surface area (Å²) in [5, 5.41) is 4.45. The molecule has 0 aromatic heterocycles. The zero-order valence-electron chi connectivity index (χ0n) is 10.9. The van der Waals surface area contributed by atoms with Crippen molar-refractivity contribution in [3.63, 3.8) is 0 Å². The summed E-state index contributed by atoms with van der Waals surface area (Å²) in [6.07, 6.45) is 1.62. The summed E-state index contributed by atoms with van der Waals surface area (Å²) < 4.78 is 10.8. The molecule has 1 aliphatic heterocycles. The molecule has 0 aliphatic carbocycles. The van der Waals surface area contributed by atoms with E-state index >= 15 is 0 Å². The summed E-state index contributed by atoms with van der Waals surface area (Å²) in [6.45, 7) is 9.30. The van der Waals surface area contributed by atoms with Crippen molar-refractivity contribution >= 4 is 29.0 Å². The van der Waals surface area contributed by atoms with Gasteiger partial charge in [0.05, 0.1) is 19.4 Å². The van der Waals surface area contributed by atoms with Crippen molar-refractivity contribution in [3.8, 4) is 0 Å². The zero-order valence-corrected chi connectivity index (χ0v) is 13.9. The second-order valence-electron chi connectivity index (χ2n) is 3.62. The largest absolute Gasteiger partial charge is 2.00 e. The van der Waals surface area contributed by atoms with E-state index in [9.17, 15) is 0 Å². The van der Waals surface area contributed by atoms with E-state index in [2.05, 4.69) is 24.2 Å². The monoisotopic (exact) mass is 314 g/mol. The Kier molecular flexibility index (Phi) is 11.4. The van der Waals surface area contributed by atoms with Gasteiger partial charge in [0.25, 0.3) is 0 Å². The van der Waals surface area contributed by atoms with Crippen LogP contribution in [-0.4, -0.2) is 48.2 Å². The fraction of sp³-hybridized carbons (Fsp3) is 0.727. The summed E-state index contributed by atoms with van der Waals surface area (Å²) in [7, 11) is 0. The molecule has 17 heavy (non-hydrogen) atoms. The maximum Gasteiger partial charge on any atom is 2.00 e. The molecular formula is C11H19BrMgN2O2. The van der Waals surface area contributed by atoms with Gasteiger partial charge in [0.2, 0.25) is 0 Å². The van der Waals surface area contributed by atoms with Crippen molar-refractivity contribution in [2.75, 3.05) is 13.2 Å². The van der Waals surface area contributed by atoms with Crippen LogP contribution in [-0.2, 0) is 9.47 Å². The van der Waals surface area contributed by atoms with Gasteiger partial charge in [-0.25, -0.2) is 4.99 Å². The minimum atomic E-state index is -0.0171. The van der Waals surface area contributed by atoms with Gasteiger partial charge in [-0.2, -0.15) is 0 Å². The Hall–Kier alpha value is 0.0562. The van der Waals surface area contributed by atoms with Gasteiger partial charge in [0.1, 0.15) is 0 Å². The molecule has 0 spiro atoms. The minimum Gasteiger partial charge on any atom is -1.00 e. The first-order valence-electron chi connectivity index (χ1n) is 5.43. The van der Waals surface area contributed by atoms with Crippen molar-refractivity contribution in [1.82, 2.24) is 0 Å². The fourth-order valence-corrected chi connectivity index (χ4v) is 1.35. The van der Waals surface area contributed by atoms with E-state index in [-0.39, 0.29) is 46.1 Å². The van der Waals surface area contributed by atoms with E-state index in [4.69, 9.17) is 9.47 Å². The molecule has 0 saturated heterocycles. The van der Waals surface area contributed by atoms with Crippen LogP contribution in [0.15, 0.2) is 17.1 Å². The summed E-state index contributed by atoms with van der Waals surface area (Å²) in [5.74, 6) is 1.65. The first kappa shape index (κ1) is 19.4. The molecule has 0 N–H and O–H groups in total. The second kappa shape index (κ2) is 10.0. The Morgan fingerprint density at radius 3 is 2.35 bits per heavy atom. The van der Waals surface area contributed by atoms with E-state index < -0.39 is 0 Å². The third-order valence-electron chi connectivity index (χ3n) is 2.04.